The van der Waals surface area contributed by atoms with Crippen LogP contribution >= 0.6 is 15.9 Å². The SMILES string of the molecule is NC(Cc1ccc(Br)cc1[N+](=O)[O-])C1CCCC1. The first-order valence-corrected chi connectivity index (χ1v) is 7.05. The summed E-state index contributed by atoms with van der Waals surface area (Å²) in [5.74, 6) is 0.522. The lowest BCUT2D eigenvalue weighted by molar-refractivity contribution is -0.385. The number of hydrogen-bond acceptors (Lipinski definition) is 3. The maximum atomic E-state index is 11.0. The van der Waals surface area contributed by atoms with Gasteiger partial charge in [-0.25, -0.2) is 0 Å². The van der Waals surface area contributed by atoms with Gasteiger partial charge in [0.1, 0.15) is 0 Å². The molecule has 1 aromatic rings. The van der Waals surface area contributed by atoms with Gasteiger partial charge in [0, 0.05) is 22.1 Å². The average molecular weight is 313 g/mol. The van der Waals surface area contributed by atoms with Crippen LogP contribution in [0.2, 0.25) is 0 Å². The Kier molecular flexibility index (Phi) is 4.35. The second-order valence-corrected chi connectivity index (χ2v) is 5.86. The highest BCUT2D eigenvalue weighted by molar-refractivity contribution is 9.10. The Morgan fingerprint density at radius 2 is 2.11 bits per heavy atom. The minimum Gasteiger partial charge on any atom is -0.327 e. The van der Waals surface area contributed by atoms with Crippen LogP contribution in [0.3, 0.4) is 0 Å². The normalized spacial score (nSPS) is 17.9. The zero-order valence-electron chi connectivity index (χ0n) is 10.1. The van der Waals surface area contributed by atoms with Crippen LogP contribution < -0.4 is 5.73 Å². The molecule has 4 nitrogen and oxygen atoms in total. The molecular weight excluding hydrogens is 296 g/mol. The van der Waals surface area contributed by atoms with E-state index in [2.05, 4.69) is 15.9 Å². The van der Waals surface area contributed by atoms with Crippen molar-refractivity contribution in [3.05, 3.63) is 38.3 Å². The van der Waals surface area contributed by atoms with Crippen LogP contribution in [0.15, 0.2) is 22.7 Å². The highest BCUT2D eigenvalue weighted by atomic mass is 79.9. The van der Waals surface area contributed by atoms with Crippen molar-refractivity contribution in [3.8, 4) is 0 Å². The van der Waals surface area contributed by atoms with Crippen LogP contribution in [0, 0.1) is 16.0 Å². The Morgan fingerprint density at radius 1 is 1.44 bits per heavy atom. The molecule has 1 aromatic carbocycles. The van der Waals surface area contributed by atoms with Crippen molar-refractivity contribution in [1.29, 1.82) is 0 Å². The van der Waals surface area contributed by atoms with Crippen molar-refractivity contribution in [1.82, 2.24) is 0 Å². The lowest BCUT2D eigenvalue weighted by Crippen LogP contribution is -2.30. The first-order valence-electron chi connectivity index (χ1n) is 6.26. The summed E-state index contributed by atoms with van der Waals surface area (Å²) in [6, 6.07) is 5.23. The van der Waals surface area contributed by atoms with Gasteiger partial charge >= 0.3 is 0 Å². The van der Waals surface area contributed by atoms with Gasteiger partial charge in [0.25, 0.3) is 5.69 Å². The zero-order valence-corrected chi connectivity index (χ0v) is 11.7. The second-order valence-electron chi connectivity index (χ2n) is 4.94. The summed E-state index contributed by atoms with van der Waals surface area (Å²) in [4.78, 5) is 10.7. The molecule has 0 aliphatic heterocycles. The zero-order chi connectivity index (χ0) is 13.1. The van der Waals surface area contributed by atoms with E-state index in [1.54, 1.807) is 12.1 Å². The molecule has 2 N–H and O–H groups in total. The first kappa shape index (κ1) is 13.5. The van der Waals surface area contributed by atoms with E-state index < -0.39 is 0 Å². The average Bonchev–Trinajstić information content (AvgIpc) is 2.84. The summed E-state index contributed by atoms with van der Waals surface area (Å²) < 4.78 is 0.729. The fourth-order valence-corrected chi connectivity index (χ4v) is 3.03. The van der Waals surface area contributed by atoms with Gasteiger partial charge in [-0.05, 0) is 31.2 Å². The van der Waals surface area contributed by atoms with Crippen molar-refractivity contribution < 1.29 is 4.92 Å². The summed E-state index contributed by atoms with van der Waals surface area (Å²) in [7, 11) is 0. The van der Waals surface area contributed by atoms with E-state index in [0.29, 0.717) is 12.3 Å². The van der Waals surface area contributed by atoms with E-state index in [-0.39, 0.29) is 16.7 Å². The Bertz CT molecular complexity index is 445. The number of rotatable bonds is 4. The van der Waals surface area contributed by atoms with Gasteiger partial charge in [-0.2, -0.15) is 0 Å². The van der Waals surface area contributed by atoms with E-state index in [1.807, 2.05) is 6.07 Å². The van der Waals surface area contributed by atoms with Gasteiger partial charge < -0.3 is 5.73 Å². The predicted molar refractivity (Wildman–Crippen MR) is 74.4 cm³/mol. The number of hydrogen-bond donors (Lipinski definition) is 1. The lowest BCUT2D eigenvalue weighted by atomic mass is 9.92. The molecular formula is C13H17BrN2O2. The van der Waals surface area contributed by atoms with E-state index in [9.17, 15) is 10.1 Å². The molecule has 1 saturated carbocycles. The van der Waals surface area contributed by atoms with Crippen LogP contribution in [0.1, 0.15) is 31.2 Å². The van der Waals surface area contributed by atoms with Crippen LogP contribution in [0.5, 0.6) is 0 Å². The Hall–Kier alpha value is -0.940. The third-order valence-corrected chi connectivity index (χ3v) is 4.20. The number of halogens is 1. The summed E-state index contributed by atoms with van der Waals surface area (Å²) >= 11 is 3.26. The van der Waals surface area contributed by atoms with E-state index in [0.717, 1.165) is 22.9 Å². The molecule has 1 aliphatic rings. The molecule has 0 saturated heterocycles. The minimum atomic E-state index is -0.332. The number of benzene rings is 1. The molecule has 1 fully saturated rings. The van der Waals surface area contributed by atoms with Crippen LogP contribution in [0.4, 0.5) is 5.69 Å². The van der Waals surface area contributed by atoms with Crippen LogP contribution in [-0.2, 0) is 6.42 Å². The van der Waals surface area contributed by atoms with Gasteiger partial charge in [-0.1, -0.05) is 34.8 Å². The third-order valence-electron chi connectivity index (χ3n) is 3.70. The molecule has 1 atom stereocenters. The molecule has 1 unspecified atom stereocenters. The van der Waals surface area contributed by atoms with Gasteiger partial charge in [0.2, 0.25) is 0 Å². The van der Waals surface area contributed by atoms with Gasteiger partial charge in [0.05, 0.1) is 4.92 Å². The van der Waals surface area contributed by atoms with Crippen molar-refractivity contribution in [3.63, 3.8) is 0 Å². The minimum absolute atomic E-state index is 0.0346. The second kappa shape index (κ2) is 5.80. The maximum Gasteiger partial charge on any atom is 0.273 e. The number of nitro groups is 1. The third kappa shape index (κ3) is 3.09. The Labute approximate surface area is 115 Å². The molecule has 0 spiro atoms. The fraction of sp³-hybridized carbons (Fsp3) is 0.538. The Balaban J connectivity index is 2.15. The monoisotopic (exact) mass is 312 g/mol. The molecule has 1 aliphatic carbocycles. The van der Waals surface area contributed by atoms with Gasteiger partial charge in [-0.3, -0.25) is 10.1 Å². The van der Waals surface area contributed by atoms with Crippen LogP contribution in [0.25, 0.3) is 0 Å². The summed E-state index contributed by atoms with van der Waals surface area (Å²) in [5, 5.41) is 11.0. The van der Waals surface area contributed by atoms with Crippen molar-refractivity contribution in [2.75, 3.05) is 0 Å². The van der Waals surface area contributed by atoms with E-state index in [4.69, 9.17) is 5.73 Å². The first-order chi connectivity index (χ1) is 8.58. The highest BCUT2D eigenvalue weighted by Gasteiger charge is 2.24. The molecule has 0 heterocycles. The van der Waals surface area contributed by atoms with E-state index >= 15 is 0 Å². The summed E-state index contributed by atoms with van der Waals surface area (Å²) in [6.07, 6.45) is 5.38. The quantitative estimate of drug-likeness (QED) is 0.684. The number of nitro benzene ring substituents is 1. The van der Waals surface area contributed by atoms with Crippen molar-refractivity contribution in [2.45, 2.75) is 38.1 Å². The molecule has 2 rings (SSSR count). The van der Waals surface area contributed by atoms with Gasteiger partial charge in [-0.15, -0.1) is 0 Å². The van der Waals surface area contributed by atoms with Gasteiger partial charge in [0.15, 0.2) is 0 Å². The number of nitrogens with two attached hydrogens (primary N) is 1. The molecule has 0 bridgehead atoms. The topological polar surface area (TPSA) is 69.2 Å². The summed E-state index contributed by atoms with van der Waals surface area (Å²) in [5.41, 5.74) is 7.09. The molecule has 5 heteroatoms. The smallest absolute Gasteiger partial charge is 0.273 e. The molecule has 0 amide bonds. The summed E-state index contributed by atoms with van der Waals surface area (Å²) in [6.45, 7) is 0. The standard InChI is InChI=1S/C13H17BrN2O2/c14-11-6-5-10(13(8-11)16(17)18)7-12(15)9-3-1-2-4-9/h5-6,8-9,12H,1-4,7,15H2. The van der Waals surface area contributed by atoms with Crippen molar-refractivity contribution in [2.24, 2.45) is 11.7 Å². The van der Waals surface area contributed by atoms with Crippen molar-refractivity contribution >= 4 is 21.6 Å². The molecule has 0 aromatic heterocycles. The largest absolute Gasteiger partial charge is 0.327 e. The van der Waals surface area contributed by atoms with E-state index in [1.165, 1.54) is 12.8 Å². The fourth-order valence-electron chi connectivity index (χ4n) is 2.69. The maximum absolute atomic E-state index is 11.0. The predicted octanol–water partition coefficient (Wildman–Crippen LogP) is 3.42. The number of nitrogens with zero attached hydrogens (tertiary/aromatic N) is 1. The van der Waals surface area contributed by atoms with Crippen LogP contribution in [-0.4, -0.2) is 11.0 Å². The Morgan fingerprint density at radius 3 is 2.72 bits per heavy atom. The molecule has 98 valence electrons. The molecule has 18 heavy (non-hydrogen) atoms. The highest BCUT2D eigenvalue weighted by Crippen LogP contribution is 2.30. The lowest BCUT2D eigenvalue weighted by Gasteiger charge is -2.18. The molecule has 0 radical (unpaired) electrons.